The van der Waals surface area contributed by atoms with Crippen LogP contribution in [0.3, 0.4) is 0 Å². The molecular formula is C24H33IN4O. The molecule has 0 bridgehead atoms. The first-order chi connectivity index (χ1) is 14.2. The Hall–Kier alpha value is -2.09. The van der Waals surface area contributed by atoms with Crippen molar-refractivity contribution in [1.82, 2.24) is 15.5 Å². The number of aryl methyl sites for hydroxylation is 1. The van der Waals surface area contributed by atoms with Crippen LogP contribution in [0.4, 0.5) is 0 Å². The molecule has 6 heteroatoms. The summed E-state index contributed by atoms with van der Waals surface area (Å²) in [4.78, 5) is 18.7. The predicted octanol–water partition coefficient (Wildman–Crippen LogP) is 4.24. The molecule has 1 amide bonds. The SMILES string of the molecule is CCNC(=NCc1ccccc1CC)NCc1ccccc1CN1CCCC1=O.I. The van der Waals surface area contributed by atoms with Crippen LogP contribution in [0.2, 0.25) is 0 Å². The summed E-state index contributed by atoms with van der Waals surface area (Å²) in [6, 6.07) is 16.8. The minimum atomic E-state index is 0. The van der Waals surface area contributed by atoms with Crippen molar-refractivity contribution < 1.29 is 4.79 Å². The van der Waals surface area contributed by atoms with E-state index in [-0.39, 0.29) is 29.9 Å². The summed E-state index contributed by atoms with van der Waals surface area (Å²) in [5.74, 6) is 1.07. The highest BCUT2D eigenvalue weighted by atomic mass is 127. The summed E-state index contributed by atoms with van der Waals surface area (Å²) < 4.78 is 0. The highest BCUT2D eigenvalue weighted by Gasteiger charge is 2.20. The highest BCUT2D eigenvalue weighted by Crippen LogP contribution is 2.17. The van der Waals surface area contributed by atoms with Gasteiger partial charge < -0.3 is 15.5 Å². The summed E-state index contributed by atoms with van der Waals surface area (Å²) >= 11 is 0. The van der Waals surface area contributed by atoms with E-state index in [2.05, 4.69) is 60.9 Å². The smallest absolute Gasteiger partial charge is 0.222 e. The summed E-state index contributed by atoms with van der Waals surface area (Å²) in [7, 11) is 0. The predicted molar refractivity (Wildman–Crippen MR) is 134 cm³/mol. The van der Waals surface area contributed by atoms with Crippen LogP contribution in [-0.4, -0.2) is 29.9 Å². The van der Waals surface area contributed by atoms with Crippen LogP contribution in [0.5, 0.6) is 0 Å². The van der Waals surface area contributed by atoms with E-state index < -0.39 is 0 Å². The summed E-state index contributed by atoms with van der Waals surface area (Å²) in [5.41, 5.74) is 5.00. The number of hydrogen-bond acceptors (Lipinski definition) is 2. The van der Waals surface area contributed by atoms with E-state index in [1.165, 1.54) is 22.3 Å². The number of hydrogen-bond donors (Lipinski definition) is 2. The van der Waals surface area contributed by atoms with Gasteiger partial charge in [-0.05, 0) is 42.0 Å². The molecule has 162 valence electrons. The minimum absolute atomic E-state index is 0. The molecule has 0 aliphatic carbocycles. The summed E-state index contributed by atoms with van der Waals surface area (Å²) in [6.07, 6.45) is 2.66. The molecular weight excluding hydrogens is 487 g/mol. The number of nitrogens with one attached hydrogen (secondary N) is 2. The number of halogens is 1. The quantitative estimate of drug-likeness (QED) is 0.311. The van der Waals surface area contributed by atoms with Crippen molar-refractivity contribution >= 4 is 35.8 Å². The molecule has 0 atom stereocenters. The number of carbonyl (C=O) groups is 1. The van der Waals surface area contributed by atoms with Gasteiger partial charge in [-0.2, -0.15) is 0 Å². The van der Waals surface area contributed by atoms with Gasteiger partial charge in [-0.3, -0.25) is 4.79 Å². The first kappa shape index (κ1) is 24.2. The normalized spacial score (nSPS) is 13.9. The monoisotopic (exact) mass is 520 g/mol. The molecule has 0 radical (unpaired) electrons. The third-order valence-electron chi connectivity index (χ3n) is 5.35. The van der Waals surface area contributed by atoms with Crippen LogP contribution in [0.25, 0.3) is 0 Å². The molecule has 5 nitrogen and oxygen atoms in total. The molecule has 2 N–H and O–H groups in total. The van der Waals surface area contributed by atoms with Crippen molar-refractivity contribution in [2.75, 3.05) is 13.1 Å². The topological polar surface area (TPSA) is 56.7 Å². The molecule has 0 saturated carbocycles. The molecule has 0 unspecified atom stereocenters. The average Bonchev–Trinajstić information content (AvgIpc) is 3.15. The number of likely N-dealkylation sites (tertiary alicyclic amines) is 1. The van der Waals surface area contributed by atoms with Gasteiger partial charge in [-0.1, -0.05) is 55.5 Å². The Balaban J connectivity index is 0.00000320. The number of guanidine groups is 1. The number of aliphatic imine (C=N–C) groups is 1. The number of nitrogens with zero attached hydrogens (tertiary/aromatic N) is 2. The van der Waals surface area contributed by atoms with Crippen molar-refractivity contribution in [3.8, 4) is 0 Å². The van der Waals surface area contributed by atoms with E-state index in [1.54, 1.807) is 0 Å². The Morgan fingerprint density at radius 1 is 0.967 bits per heavy atom. The van der Waals surface area contributed by atoms with Gasteiger partial charge in [0.25, 0.3) is 0 Å². The van der Waals surface area contributed by atoms with Gasteiger partial charge in [0.1, 0.15) is 0 Å². The Kier molecular flexibility index (Phi) is 10.1. The zero-order chi connectivity index (χ0) is 20.5. The third kappa shape index (κ3) is 6.72. The van der Waals surface area contributed by atoms with Gasteiger partial charge in [0, 0.05) is 32.6 Å². The standard InChI is InChI=1S/C24H32N4O.HI/c1-3-19-10-5-6-11-20(19)16-26-24(25-4-2)27-17-21-12-7-8-13-22(21)18-28-15-9-14-23(28)29;/h5-8,10-13H,3-4,9,14-18H2,1-2H3,(H2,25,26,27);1H. The van der Waals surface area contributed by atoms with Gasteiger partial charge in [0.2, 0.25) is 5.91 Å². The molecule has 2 aromatic rings. The van der Waals surface area contributed by atoms with E-state index in [4.69, 9.17) is 4.99 Å². The maximum atomic E-state index is 12.0. The minimum Gasteiger partial charge on any atom is -0.357 e. The zero-order valence-corrected chi connectivity index (χ0v) is 20.3. The lowest BCUT2D eigenvalue weighted by Gasteiger charge is -2.19. The van der Waals surface area contributed by atoms with E-state index >= 15 is 0 Å². The second-order valence-corrected chi connectivity index (χ2v) is 7.36. The molecule has 30 heavy (non-hydrogen) atoms. The molecule has 1 fully saturated rings. The van der Waals surface area contributed by atoms with E-state index in [1.807, 2.05) is 17.0 Å². The van der Waals surface area contributed by atoms with Crippen molar-refractivity contribution in [2.45, 2.75) is 52.7 Å². The maximum Gasteiger partial charge on any atom is 0.222 e. The van der Waals surface area contributed by atoms with E-state index in [0.29, 0.717) is 26.1 Å². The molecule has 1 saturated heterocycles. The first-order valence-corrected chi connectivity index (χ1v) is 10.6. The molecule has 3 rings (SSSR count). The van der Waals surface area contributed by atoms with Crippen molar-refractivity contribution in [1.29, 1.82) is 0 Å². The van der Waals surface area contributed by atoms with Crippen molar-refractivity contribution in [3.05, 3.63) is 70.8 Å². The Morgan fingerprint density at radius 2 is 1.63 bits per heavy atom. The second kappa shape index (κ2) is 12.6. The first-order valence-electron chi connectivity index (χ1n) is 10.6. The fourth-order valence-corrected chi connectivity index (χ4v) is 3.70. The van der Waals surface area contributed by atoms with Crippen LogP contribution in [0, 0.1) is 0 Å². The third-order valence-corrected chi connectivity index (χ3v) is 5.35. The van der Waals surface area contributed by atoms with Crippen molar-refractivity contribution in [3.63, 3.8) is 0 Å². The summed E-state index contributed by atoms with van der Waals surface area (Å²) in [6.45, 7) is 7.95. The lowest BCUT2D eigenvalue weighted by atomic mass is 10.1. The number of amides is 1. The largest absolute Gasteiger partial charge is 0.357 e. The zero-order valence-electron chi connectivity index (χ0n) is 18.0. The number of carbonyl (C=O) groups excluding carboxylic acids is 1. The van der Waals surface area contributed by atoms with Gasteiger partial charge in [-0.25, -0.2) is 4.99 Å². The van der Waals surface area contributed by atoms with Crippen LogP contribution < -0.4 is 10.6 Å². The Labute approximate surface area is 197 Å². The van der Waals surface area contributed by atoms with E-state index in [0.717, 1.165) is 31.9 Å². The van der Waals surface area contributed by atoms with Crippen LogP contribution in [-0.2, 0) is 30.8 Å². The molecule has 1 aliphatic rings. The average molecular weight is 520 g/mol. The lowest BCUT2D eigenvalue weighted by molar-refractivity contribution is -0.128. The molecule has 1 aliphatic heterocycles. The van der Waals surface area contributed by atoms with E-state index in [9.17, 15) is 4.79 Å². The molecule has 0 spiro atoms. The molecule has 1 heterocycles. The van der Waals surface area contributed by atoms with Gasteiger partial charge >= 0.3 is 0 Å². The Bertz CT molecular complexity index is 853. The lowest BCUT2D eigenvalue weighted by Crippen LogP contribution is -2.37. The Morgan fingerprint density at radius 3 is 2.27 bits per heavy atom. The van der Waals surface area contributed by atoms with Crippen LogP contribution in [0.15, 0.2) is 53.5 Å². The fourth-order valence-electron chi connectivity index (χ4n) is 3.70. The fraction of sp³-hybridized carbons (Fsp3) is 0.417. The van der Waals surface area contributed by atoms with Crippen LogP contribution >= 0.6 is 24.0 Å². The maximum absolute atomic E-state index is 12.0. The molecule has 0 aromatic heterocycles. The van der Waals surface area contributed by atoms with Crippen LogP contribution in [0.1, 0.15) is 48.9 Å². The summed E-state index contributed by atoms with van der Waals surface area (Å²) in [5, 5.41) is 6.79. The highest BCUT2D eigenvalue weighted by molar-refractivity contribution is 14.0. The number of benzene rings is 2. The van der Waals surface area contributed by atoms with Gasteiger partial charge in [-0.15, -0.1) is 24.0 Å². The van der Waals surface area contributed by atoms with Crippen molar-refractivity contribution in [2.24, 2.45) is 4.99 Å². The van der Waals surface area contributed by atoms with Gasteiger partial charge in [0.05, 0.1) is 6.54 Å². The number of rotatable bonds is 8. The second-order valence-electron chi connectivity index (χ2n) is 7.36. The molecule has 2 aromatic carbocycles. The van der Waals surface area contributed by atoms with Gasteiger partial charge in [0.15, 0.2) is 5.96 Å².